The van der Waals surface area contributed by atoms with E-state index in [0.717, 1.165) is 18.5 Å². The van der Waals surface area contributed by atoms with Crippen LogP contribution in [0, 0.1) is 0 Å². The average molecular weight is 383 g/mol. The third kappa shape index (κ3) is 5.42. The maximum absolute atomic E-state index is 12.4. The van der Waals surface area contributed by atoms with Crippen molar-refractivity contribution in [3.05, 3.63) is 54.0 Å². The first-order valence-electron chi connectivity index (χ1n) is 9.48. The first-order chi connectivity index (χ1) is 13.7. The van der Waals surface area contributed by atoms with Crippen molar-refractivity contribution < 1.29 is 14.3 Å². The molecule has 1 saturated heterocycles. The molecule has 8 heteroatoms. The molecule has 2 aromatic heterocycles. The van der Waals surface area contributed by atoms with Crippen LogP contribution in [0.2, 0.25) is 0 Å². The van der Waals surface area contributed by atoms with Crippen LogP contribution in [0.1, 0.15) is 35.8 Å². The van der Waals surface area contributed by atoms with Crippen molar-refractivity contribution in [3.63, 3.8) is 0 Å². The van der Waals surface area contributed by atoms with Crippen molar-refractivity contribution in [2.24, 2.45) is 0 Å². The molecular weight excluding hydrogens is 358 g/mol. The normalized spacial score (nSPS) is 14.4. The van der Waals surface area contributed by atoms with Gasteiger partial charge < -0.3 is 20.3 Å². The van der Waals surface area contributed by atoms with Gasteiger partial charge in [-0.05, 0) is 44.0 Å². The first-order valence-corrected chi connectivity index (χ1v) is 9.48. The van der Waals surface area contributed by atoms with E-state index in [-0.39, 0.29) is 18.0 Å². The number of likely N-dealkylation sites (tertiary alicyclic amines) is 1. The van der Waals surface area contributed by atoms with Gasteiger partial charge in [-0.15, -0.1) is 0 Å². The van der Waals surface area contributed by atoms with Crippen LogP contribution in [-0.2, 0) is 11.3 Å². The topological polar surface area (TPSA) is 96.5 Å². The molecule has 8 nitrogen and oxygen atoms in total. The molecule has 0 radical (unpaired) electrons. The van der Waals surface area contributed by atoms with Gasteiger partial charge >= 0.3 is 6.09 Å². The van der Waals surface area contributed by atoms with Crippen molar-refractivity contribution in [1.82, 2.24) is 20.2 Å². The maximum Gasteiger partial charge on any atom is 0.409 e. The lowest BCUT2D eigenvalue weighted by molar-refractivity contribution is 0.0947. The highest BCUT2D eigenvalue weighted by molar-refractivity contribution is 5.94. The molecule has 2 N–H and O–H groups in total. The molecule has 1 fully saturated rings. The van der Waals surface area contributed by atoms with Gasteiger partial charge in [-0.1, -0.05) is 6.07 Å². The number of carbonyl (C=O) groups excluding carboxylic acids is 2. The number of carbonyl (C=O) groups is 2. The average Bonchev–Trinajstić information content (AvgIpc) is 2.73. The molecule has 148 valence electrons. The SMILES string of the molecule is CCOC(=O)N1CCC(Nc2cc(C(=O)NCc3ccccn3)ccn2)CC1. The summed E-state index contributed by atoms with van der Waals surface area (Å²) in [5.74, 6) is 0.480. The van der Waals surface area contributed by atoms with E-state index in [1.165, 1.54) is 0 Å². The van der Waals surface area contributed by atoms with E-state index in [9.17, 15) is 9.59 Å². The Hall–Kier alpha value is -3.16. The highest BCUT2D eigenvalue weighted by atomic mass is 16.6. The lowest BCUT2D eigenvalue weighted by atomic mass is 10.1. The van der Waals surface area contributed by atoms with Crippen molar-refractivity contribution in [2.75, 3.05) is 25.0 Å². The number of nitrogens with zero attached hydrogens (tertiary/aromatic N) is 3. The number of nitrogens with one attached hydrogen (secondary N) is 2. The molecule has 2 amide bonds. The zero-order valence-electron chi connectivity index (χ0n) is 15.9. The smallest absolute Gasteiger partial charge is 0.409 e. The van der Waals surface area contributed by atoms with Crippen molar-refractivity contribution >= 4 is 17.8 Å². The van der Waals surface area contributed by atoms with Gasteiger partial charge in [0.25, 0.3) is 5.91 Å². The second kappa shape index (κ2) is 9.68. The molecule has 28 heavy (non-hydrogen) atoms. The summed E-state index contributed by atoms with van der Waals surface area (Å²) in [6.07, 6.45) is 4.66. The molecule has 0 atom stereocenters. The molecule has 1 aliphatic heterocycles. The number of pyridine rings is 2. The molecule has 2 aromatic rings. The number of anilines is 1. The van der Waals surface area contributed by atoms with Gasteiger partial charge in [0.2, 0.25) is 0 Å². The molecule has 0 unspecified atom stereocenters. The van der Waals surface area contributed by atoms with Gasteiger partial charge in [0.1, 0.15) is 5.82 Å². The fourth-order valence-electron chi connectivity index (χ4n) is 3.06. The Bertz CT molecular complexity index is 791. The van der Waals surface area contributed by atoms with E-state index in [1.54, 1.807) is 36.4 Å². The summed E-state index contributed by atoms with van der Waals surface area (Å²) in [5, 5.41) is 6.22. The number of hydrogen-bond acceptors (Lipinski definition) is 6. The standard InChI is InChI=1S/C20H25N5O3/c1-2-28-20(27)25-11-7-16(8-12-25)24-18-13-15(6-10-22-18)19(26)23-14-17-5-3-4-9-21-17/h3-6,9-10,13,16H,2,7-8,11-12,14H2,1H3,(H,22,24)(H,23,26). The Balaban J connectivity index is 1.51. The van der Waals surface area contributed by atoms with E-state index < -0.39 is 0 Å². The van der Waals surface area contributed by atoms with Crippen LogP contribution in [0.5, 0.6) is 0 Å². The van der Waals surface area contributed by atoms with E-state index >= 15 is 0 Å². The molecule has 3 rings (SSSR count). The Morgan fingerprint density at radius 3 is 2.71 bits per heavy atom. The van der Waals surface area contributed by atoms with Gasteiger partial charge in [0, 0.05) is 37.1 Å². The Morgan fingerprint density at radius 1 is 1.18 bits per heavy atom. The van der Waals surface area contributed by atoms with Gasteiger partial charge in [-0.2, -0.15) is 0 Å². The van der Waals surface area contributed by atoms with E-state index in [2.05, 4.69) is 20.6 Å². The molecule has 0 bridgehead atoms. The number of ether oxygens (including phenoxy) is 1. The van der Waals surface area contributed by atoms with Crippen molar-refractivity contribution in [1.29, 1.82) is 0 Å². The van der Waals surface area contributed by atoms with Crippen LogP contribution >= 0.6 is 0 Å². The zero-order valence-corrected chi connectivity index (χ0v) is 15.9. The summed E-state index contributed by atoms with van der Waals surface area (Å²) in [7, 11) is 0. The second-order valence-corrected chi connectivity index (χ2v) is 6.54. The number of rotatable bonds is 6. The second-order valence-electron chi connectivity index (χ2n) is 6.54. The lowest BCUT2D eigenvalue weighted by Crippen LogP contribution is -2.42. The number of piperidine rings is 1. The molecule has 0 saturated carbocycles. The minimum atomic E-state index is -0.259. The zero-order chi connectivity index (χ0) is 19.8. The predicted molar refractivity (Wildman–Crippen MR) is 105 cm³/mol. The molecule has 0 spiro atoms. The monoisotopic (exact) mass is 383 g/mol. The summed E-state index contributed by atoms with van der Waals surface area (Å²) in [5.41, 5.74) is 1.34. The quantitative estimate of drug-likeness (QED) is 0.795. The molecule has 0 aromatic carbocycles. The summed E-state index contributed by atoms with van der Waals surface area (Å²) in [6, 6.07) is 9.21. The van der Waals surface area contributed by atoms with Crippen molar-refractivity contribution in [3.8, 4) is 0 Å². The molecule has 1 aliphatic rings. The van der Waals surface area contributed by atoms with Crippen molar-refractivity contribution in [2.45, 2.75) is 32.4 Å². The molecular formula is C20H25N5O3. The Morgan fingerprint density at radius 2 is 2.00 bits per heavy atom. The summed E-state index contributed by atoms with van der Waals surface area (Å²) in [4.78, 5) is 34.4. The predicted octanol–water partition coefficient (Wildman–Crippen LogP) is 2.44. The maximum atomic E-state index is 12.4. The Labute approximate surface area is 164 Å². The summed E-state index contributed by atoms with van der Waals surface area (Å²) in [6.45, 7) is 3.84. The summed E-state index contributed by atoms with van der Waals surface area (Å²) >= 11 is 0. The number of aromatic nitrogens is 2. The number of hydrogen-bond donors (Lipinski definition) is 2. The highest BCUT2D eigenvalue weighted by Gasteiger charge is 2.23. The third-order valence-corrected chi connectivity index (χ3v) is 4.55. The van der Waals surface area contributed by atoms with Crippen LogP contribution in [0.25, 0.3) is 0 Å². The van der Waals surface area contributed by atoms with Crippen LogP contribution in [0.4, 0.5) is 10.6 Å². The van der Waals surface area contributed by atoms with Gasteiger partial charge in [-0.25, -0.2) is 9.78 Å². The number of amides is 2. The first kappa shape index (κ1) is 19.6. The lowest BCUT2D eigenvalue weighted by Gasteiger charge is -2.31. The van der Waals surface area contributed by atoms with Gasteiger partial charge in [0.15, 0.2) is 0 Å². The molecule has 3 heterocycles. The van der Waals surface area contributed by atoms with Gasteiger partial charge in [0.05, 0.1) is 18.8 Å². The van der Waals surface area contributed by atoms with E-state index in [1.807, 2.05) is 18.2 Å². The largest absolute Gasteiger partial charge is 0.450 e. The highest BCUT2D eigenvalue weighted by Crippen LogP contribution is 2.17. The minimum absolute atomic E-state index is 0.173. The van der Waals surface area contributed by atoms with E-state index in [0.29, 0.717) is 37.6 Å². The van der Waals surface area contributed by atoms with Crippen LogP contribution in [0.15, 0.2) is 42.7 Å². The third-order valence-electron chi connectivity index (χ3n) is 4.55. The minimum Gasteiger partial charge on any atom is -0.450 e. The van der Waals surface area contributed by atoms with Crippen LogP contribution in [-0.4, -0.2) is 52.6 Å². The van der Waals surface area contributed by atoms with Gasteiger partial charge in [-0.3, -0.25) is 9.78 Å². The fourth-order valence-corrected chi connectivity index (χ4v) is 3.06. The fraction of sp³-hybridized carbons (Fsp3) is 0.400. The Kier molecular flexibility index (Phi) is 6.78. The molecule has 0 aliphatic carbocycles. The van der Waals surface area contributed by atoms with E-state index in [4.69, 9.17) is 4.74 Å². The van der Waals surface area contributed by atoms with Crippen LogP contribution in [0.3, 0.4) is 0 Å². The van der Waals surface area contributed by atoms with Crippen LogP contribution < -0.4 is 10.6 Å². The summed E-state index contributed by atoms with van der Waals surface area (Å²) < 4.78 is 5.04.